The third-order valence-corrected chi connectivity index (χ3v) is 10.1. The fourth-order valence-corrected chi connectivity index (χ4v) is 8.28. The van der Waals surface area contributed by atoms with Crippen LogP contribution in [0.4, 0.5) is 0 Å². The van der Waals surface area contributed by atoms with Crippen molar-refractivity contribution in [2.24, 2.45) is 5.92 Å². The molecule has 1 unspecified atom stereocenters. The van der Waals surface area contributed by atoms with Gasteiger partial charge in [-0.3, -0.25) is 4.79 Å². The largest absolute Gasteiger partial charge is 0.294 e. The molecule has 1 heteroatoms. The van der Waals surface area contributed by atoms with Gasteiger partial charge in [-0.1, -0.05) is 125 Å². The van der Waals surface area contributed by atoms with E-state index < -0.39 is 0 Å². The molecule has 0 saturated heterocycles. The van der Waals surface area contributed by atoms with Gasteiger partial charge in [-0.2, -0.15) is 0 Å². The van der Waals surface area contributed by atoms with E-state index in [9.17, 15) is 4.79 Å². The maximum atomic E-state index is 12.7. The molecule has 2 aliphatic carbocycles. The zero-order valence-corrected chi connectivity index (χ0v) is 31.6. The molecule has 246 valence electrons. The van der Waals surface area contributed by atoms with Crippen molar-refractivity contribution in [1.82, 2.24) is 0 Å². The first-order chi connectivity index (χ1) is 21.8. The first-order valence-corrected chi connectivity index (χ1v) is 17.5. The van der Waals surface area contributed by atoms with Gasteiger partial charge >= 0.3 is 0 Å². The first-order valence-electron chi connectivity index (χ1n) is 17.5. The van der Waals surface area contributed by atoms with E-state index in [2.05, 4.69) is 152 Å². The molecular weight excluding hydrogens is 569 g/mol. The van der Waals surface area contributed by atoms with Crippen LogP contribution in [-0.2, 0) is 23.7 Å². The predicted octanol–water partition coefficient (Wildman–Crippen LogP) is 12.5. The summed E-state index contributed by atoms with van der Waals surface area (Å²) in [6.45, 7) is 31.2. The normalized spacial score (nSPS) is 15.7. The summed E-state index contributed by atoms with van der Waals surface area (Å²) in [4.78, 5) is 12.7. The highest BCUT2D eigenvalue weighted by molar-refractivity contribution is 6.04. The number of hydrogen-bond acceptors (Lipinski definition) is 1. The summed E-state index contributed by atoms with van der Waals surface area (Å²) >= 11 is 0. The maximum Gasteiger partial charge on any atom is 0.166 e. The minimum atomic E-state index is 0.0266. The molecule has 4 aromatic rings. The van der Waals surface area contributed by atoms with E-state index in [1.807, 2.05) is 0 Å². The lowest BCUT2D eigenvalue weighted by molar-refractivity contribution is 0.0946. The van der Waals surface area contributed by atoms with Crippen molar-refractivity contribution in [2.45, 2.75) is 121 Å². The van der Waals surface area contributed by atoms with E-state index in [1.165, 1.54) is 89.0 Å². The molecule has 0 heterocycles. The second-order valence-electron chi connectivity index (χ2n) is 16.8. The Morgan fingerprint density at radius 3 is 1.45 bits per heavy atom. The maximum absolute atomic E-state index is 12.7. The highest BCUT2D eigenvalue weighted by Crippen LogP contribution is 2.43. The Balaban J connectivity index is 0.000000185. The van der Waals surface area contributed by atoms with Crippen molar-refractivity contribution in [1.29, 1.82) is 0 Å². The molecule has 0 spiro atoms. The van der Waals surface area contributed by atoms with Gasteiger partial charge in [-0.15, -0.1) is 0 Å². The van der Waals surface area contributed by atoms with Crippen LogP contribution in [0.5, 0.6) is 0 Å². The van der Waals surface area contributed by atoms with E-state index in [0.29, 0.717) is 5.78 Å². The zero-order valence-electron chi connectivity index (χ0n) is 31.6. The molecule has 0 radical (unpaired) electrons. The lowest BCUT2D eigenvalue weighted by Crippen LogP contribution is -2.15. The van der Waals surface area contributed by atoms with Crippen molar-refractivity contribution in [3.63, 3.8) is 0 Å². The third-order valence-electron chi connectivity index (χ3n) is 10.1. The highest BCUT2D eigenvalue weighted by atomic mass is 16.1. The summed E-state index contributed by atoms with van der Waals surface area (Å²) in [5, 5.41) is 0. The molecule has 1 nitrogen and oxygen atoms in total. The van der Waals surface area contributed by atoms with Gasteiger partial charge < -0.3 is 0 Å². The van der Waals surface area contributed by atoms with Gasteiger partial charge in [0, 0.05) is 11.5 Å². The summed E-state index contributed by atoms with van der Waals surface area (Å²) in [7, 11) is 0. The number of fused-ring (bicyclic) bond motifs is 2. The molecule has 0 saturated carbocycles. The van der Waals surface area contributed by atoms with Crippen LogP contribution in [0.2, 0.25) is 0 Å². The van der Waals surface area contributed by atoms with Crippen LogP contribution >= 0.6 is 0 Å². The van der Waals surface area contributed by atoms with Crippen molar-refractivity contribution >= 4 is 11.9 Å². The number of carbonyl (C=O) groups excluding carboxylic acids is 1. The number of rotatable bonds is 2. The van der Waals surface area contributed by atoms with Crippen molar-refractivity contribution in [3.8, 4) is 22.3 Å². The number of Topliss-reactive ketones (excluding diaryl/α,β-unsaturated/α-hetero) is 1. The molecule has 0 aromatic heterocycles. The Hall–Kier alpha value is -3.71. The molecule has 1 atom stereocenters. The van der Waals surface area contributed by atoms with Crippen LogP contribution in [0.25, 0.3) is 28.3 Å². The van der Waals surface area contributed by atoms with Gasteiger partial charge in [0.15, 0.2) is 5.78 Å². The van der Waals surface area contributed by atoms with E-state index in [0.717, 1.165) is 18.4 Å². The standard InChI is InChI=1S/C23H28O.C23H28/c1-13-8-14(2)10-17(9-13)21-16(4)20(23(5,6)7)12-19-18(21)11-15(3)22(19)24;1-14-8-15(2)11-19(10-14)22-17(4)21(23(5,6)7)13-18-9-16(3)12-20(18)22/h8-10,12,15H,11H2,1-7H3;8-11,13H,12H2,1-7H3. The topological polar surface area (TPSA) is 17.1 Å². The highest BCUT2D eigenvalue weighted by Gasteiger charge is 2.33. The zero-order chi connectivity index (χ0) is 34.7. The van der Waals surface area contributed by atoms with Crippen LogP contribution in [0.15, 0.2) is 54.1 Å². The Morgan fingerprint density at radius 1 is 0.574 bits per heavy atom. The molecule has 0 N–H and O–H groups in total. The van der Waals surface area contributed by atoms with Gasteiger partial charge in [-0.25, -0.2) is 0 Å². The molecule has 0 bridgehead atoms. The van der Waals surface area contributed by atoms with Crippen LogP contribution in [0.3, 0.4) is 0 Å². The molecule has 4 aromatic carbocycles. The molecular formula is C46H56O. The number of allylic oxidation sites excluding steroid dienone is 1. The molecule has 47 heavy (non-hydrogen) atoms. The van der Waals surface area contributed by atoms with Crippen LogP contribution in [-0.4, -0.2) is 5.78 Å². The van der Waals surface area contributed by atoms with E-state index in [-0.39, 0.29) is 16.7 Å². The van der Waals surface area contributed by atoms with Crippen LogP contribution in [0, 0.1) is 47.5 Å². The van der Waals surface area contributed by atoms with Crippen LogP contribution in [0.1, 0.15) is 127 Å². The lowest BCUT2D eigenvalue weighted by Gasteiger charge is -2.26. The molecule has 0 amide bonds. The number of hydrogen-bond donors (Lipinski definition) is 0. The summed E-state index contributed by atoms with van der Waals surface area (Å²) in [5.41, 5.74) is 23.0. The van der Waals surface area contributed by atoms with Crippen LogP contribution < -0.4 is 0 Å². The number of aryl methyl sites for hydroxylation is 4. The average molecular weight is 625 g/mol. The second-order valence-corrected chi connectivity index (χ2v) is 16.8. The van der Waals surface area contributed by atoms with E-state index in [1.54, 1.807) is 0 Å². The molecule has 6 rings (SSSR count). The Morgan fingerprint density at radius 2 is 1.00 bits per heavy atom. The number of carbonyl (C=O) groups is 1. The average Bonchev–Trinajstić information content (AvgIpc) is 3.43. The van der Waals surface area contributed by atoms with Crippen molar-refractivity contribution in [2.75, 3.05) is 0 Å². The van der Waals surface area contributed by atoms with Gasteiger partial charge in [0.05, 0.1) is 0 Å². The Kier molecular flexibility index (Phi) is 9.12. The smallest absolute Gasteiger partial charge is 0.166 e. The Bertz CT molecular complexity index is 1890. The SMILES string of the molecule is CC1=Cc2cc(C(C)(C)C)c(C)c(-c3cc(C)cc(C)c3)c2C1.Cc1cc(C)cc(-c2c(C)c(C(C)(C)C)cc3c2CC(C)C3=O)c1. The predicted molar refractivity (Wildman–Crippen MR) is 204 cm³/mol. The van der Waals surface area contributed by atoms with Gasteiger partial charge in [0.25, 0.3) is 0 Å². The van der Waals surface area contributed by atoms with Gasteiger partial charge in [-0.05, 0) is 139 Å². The second kappa shape index (κ2) is 12.4. The summed E-state index contributed by atoms with van der Waals surface area (Å²) in [5.74, 6) is 0.403. The van der Waals surface area contributed by atoms with Gasteiger partial charge in [0.2, 0.25) is 0 Å². The quantitative estimate of drug-likeness (QED) is 0.217. The monoisotopic (exact) mass is 624 g/mol. The fourth-order valence-electron chi connectivity index (χ4n) is 8.28. The van der Waals surface area contributed by atoms with Gasteiger partial charge in [0.1, 0.15) is 0 Å². The van der Waals surface area contributed by atoms with E-state index in [4.69, 9.17) is 0 Å². The Labute approximate surface area is 285 Å². The number of benzene rings is 4. The summed E-state index contributed by atoms with van der Waals surface area (Å²) < 4.78 is 0. The molecule has 0 aliphatic heterocycles. The minimum absolute atomic E-state index is 0.0266. The van der Waals surface area contributed by atoms with Crippen molar-refractivity contribution in [3.05, 3.63) is 121 Å². The molecule has 2 aliphatic rings. The van der Waals surface area contributed by atoms with Crippen molar-refractivity contribution < 1.29 is 4.79 Å². The number of ketones is 1. The minimum Gasteiger partial charge on any atom is -0.294 e. The summed E-state index contributed by atoms with van der Waals surface area (Å²) in [6, 6.07) is 18.3. The lowest BCUT2D eigenvalue weighted by atomic mass is 9.78. The fraction of sp³-hybridized carbons (Fsp3) is 0.413. The summed E-state index contributed by atoms with van der Waals surface area (Å²) in [6.07, 6.45) is 4.32. The first kappa shape index (κ1) is 34.6. The molecule has 0 fully saturated rings. The van der Waals surface area contributed by atoms with E-state index >= 15 is 0 Å². The third kappa shape index (κ3) is 6.83.